The van der Waals surface area contributed by atoms with Gasteiger partial charge in [-0.25, -0.2) is 4.98 Å². The second-order valence-corrected chi connectivity index (χ2v) is 6.97. The van der Waals surface area contributed by atoms with Gasteiger partial charge in [0.25, 0.3) is 5.91 Å². The number of pyridine rings is 1. The van der Waals surface area contributed by atoms with Gasteiger partial charge in [-0.05, 0) is 38.5 Å². The number of thiophene rings is 1. The lowest BCUT2D eigenvalue weighted by atomic mass is 9.94. The number of nitrogens with zero attached hydrogens (tertiary/aromatic N) is 1. The van der Waals surface area contributed by atoms with Crippen LogP contribution in [0.3, 0.4) is 0 Å². The van der Waals surface area contributed by atoms with E-state index in [2.05, 4.69) is 10.3 Å². The van der Waals surface area contributed by atoms with Gasteiger partial charge in [-0.2, -0.15) is 13.2 Å². The summed E-state index contributed by atoms with van der Waals surface area (Å²) in [4.78, 5) is 27.2. The standard InChI is InChI=1S/C15H15F3N2O3S/c1-7-8-4-5-9(15(16,17)18)20-12(8)24-10(7)11(21)19-6-14(2,3)13(22)23/h4-5H,6H2,1-3H3,(H,19,21)(H,22,23). The molecule has 2 aromatic rings. The third kappa shape index (κ3) is 3.50. The Labute approximate surface area is 139 Å². The summed E-state index contributed by atoms with van der Waals surface area (Å²) in [6.07, 6.45) is -4.56. The van der Waals surface area contributed by atoms with E-state index in [9.17, 15) is 22.8 Å². The molecule has 24 heavy (non-hydrogen) atoms. The zero-order valence-corrected chi connectivity index (χ0v) is 13.9. The first kappa shape index (κ1) is 18.2. The Balaban J connectivity index is 2.31. The van der Waals surface area contributed by atoms with Crippen LogP contribution in [0.5, 0.6) is 0 Å². The molecule has 9 heteroatoms. The van der Waals surface area contributed by atoms with Gasteiger partial charge in [0, 0.05) is 11.9 Å². The molecular weight excluding hydrogens is 345 g/mol. The van der Waals surface area contributed by atoms with Crippen molar-refractivity contribution in [2.45, 2.75) is 26.9 Å². The molecule has 0 aliphatic carbocycles. The van der Waals surface area contributed by atoms with E-state index in [0.29, 0.717) is 10.9 Å². The Hall–Kier alpha value is -2.16. The summed E-state index contributed by atoms with van der Waals surface area (Å²) in [5, 5.41) is 12.0. The van der Waals surface area contributed by atoms with Crippen molar-refractivity contribution in [1.29, 1.82) is 0 Å². The van der Waals surface area contributed by atoms with E-state index in [1.165, 1.54) is 19.9 Å². The van der Waals surface area contributed by atoms with Crippen molar-refractivity contribution in [2.24, 2.45) is 5.41 Å². The van der Waals surface area contributed by atoms with Crippen LogP contribution in [-0.2, 0) is 11.0 Å². The quantitative estimate of drug-likeness (QED) is 0.875. The Morgan fingerprint density at radius 3 is 2.46 bits per heavy atom. The molecule has 2 heterocycles. The number of nitrogens with one attached hydrogen (secondary N) is 1. The van der Waals surface area contributed by atoms with E-state index in [-0.39, 0.29) is 16.3 Å². The van der Waals surface area contributed by atoms with E-state index >= 15 is 0 Å². The second kappa shape index (κ2) is 6.04. The second-order valence-electron chi connectivity index (χ2n) is 5.97. The highest BCUT2D eigenvalue weighted by Gasteiger charge is 2.33. The highest BCUT2D eigenvalue weighted by Crippen LogP contribution is 2.34. The Morgan fingerprint density at radius 1 is 1.29 bits per heavy atom. The van der Waals surface area contributed by atoms with E-state index in [1.807, 2.05) is 0 Å². The number of rotatable bonds is 4. The van der Waals surface area contributed by atoms with Gasteiger partial charge in [-0.3, -0.25) is 9.59 Å². The van der Waals surface area contributed by atoms with Gasteiger partial charge in [-0.1, -0.05) is 0 Å². The molecule has 0 saturated carbocycles. The number of alkyl halides is 3. The molecule has 0 radical (unpaired) electrons. The van der Waals surface area contributed by atoms with Crippen molar-refractivity contribution in [1.82, 2.24) is 10.3 Å². The van der Waals surface area contributed by atoms with Gasteiger partial charge in [0.2, 0.25) is 0 Å². The maximum Gasteiger partial charge on any atom is 0.433 e. The van der Waals surface area contributed by atoms with Crippen molar-refractivity contribution >= 4 is 33.4 Å². The molecule has 2 N–H and O–H groups in total. The molecule has 0 fully saturated rings. The smallest absolute Gasteiger partial charge is 0.433 e. The Bertz CT molecular complexity index is 812. The predicted octanol–water partition coefficient (Wildman–Crippen LogP) is 3.46. The van der Waals surface area contributed by atoms with Gasteiger partial charge in [0.15, 0.2) is 0 Å². The fraction of sp³-hybridized carbons (Fsp3) is 0.400. The first-order valence-corrected chi connectivity index (χ1v) is 7.74. The zero-order chi connectivity index (χ0) is 18.3. The molecule has 5 nitrogen and oxygen atoms in total. The summed E-state index contributed by atoms with van der Waals surface area (Å²) in [6, 6.07) is 2.16. The van der Waals surface area contributed by atoms with Crippen molar-refractivity contribution in [2.75, 3.05) is 6.54 Å². The van der Waals surface area contributed by atoms with Crippen molar-refractivity contribution in [3.05, 3.63) is 28.3 Å². The van der Waals surface area contributed by atoms with Gasteiger partial charge < -0.3 is 10.4 Å². The third-order valence-electron chi connectivity index (χ3n) is 3.57. The SMILES string of the molecule is Cc1c(C(=O)NCC(C)(C)C(=O)O)sc2nc(C(F)(F)F)ccc12. The number of carboxylic acid groups (broad SMARTS) is 1. The van der Waals surface area contributed by atoms with E-state index in [4.69, 9.17) is 5.11 Å². The molecule has 2 rings (SSSR count). The number of amides is 1. The molecular formula is C15H15F3N2O3S. The molecule has 130 valence electrons. The van der Waals surface area contributed by atoms with Crippen LogP contribution in [0.15, 0.2) is 12.1 Å². The Kier molecular flexibility index (Phi) is 4.58. The summed E-state index contributed by atoms with van der Waals surface area (Å²) in [6.45, 7) is 4.44. The molecule has 0 aliphatic heterocycles. The summed E-state index contributed by atoms with van der Waals surface area (Å²) < 4.78 is 38.1. The van der Waals surface area contributed by atoms with Crippen LogP contribution in [0.2, 0.25) is 0 Å². The van der Waals surface area contributed by atoms with Crippen molar-refractivity contribution < 1.29 is 27.9 Å². The predicted molar refractivity (Wildman–Crippen MR) is 83.1 cm³/mol. The van der Waals surface area contributed by atoms with Crippen LogP contribution in [-0.4, -0.2) is 28.5 Å². The van der Waals surface area contributed by atoms with Crippen LogP contribution in [0.1, 0.15) is 34.8 Å². The lowest BCUT2D eigenvalue weighted by Crippen LogP contribution is -2.38. The summed E-state index contributed by atoms with van der Waals surface area (Å²) in [7, 11) is 0. The first-order valence-electron chi connectivity index (χ1n) is 6.92. The molecule has 0 aliphatic rings. The average molecular weight is 360 g/mol. The number of carbonyl (C=O) groups is 2. The van der Waals surface area contributed by atoms with Gasteiger partial charge in [0.1, 0.15) is 10.5 Å². The van der Waals surface area contributed by atoms with E-state index in [1.54, 1.807) is 6.92 Å². The minimum absolute atomic E-state index is 0.101. The lowest BCUT2D eigenvalue weighted by Gasteiger charge is -2.19. The van der Waals surface area contributed by atoms with E-state index in [0.717, 1.165) is 17.4 Å². The number of hydrogen-bond donors (Lipinski definition) is 2. The number of aromatic nitrogens is 1. The highest BCUT2D eigenvalue weighted by atomic mass is 32.1. The van der Waals surface area contributed by atoms with Crippen LogP contribution in [0.4, 0.5) is 13.2 Å². The van der Waals surface area contributed by atoms with Crippen molar-refractivity contribution in [3.8, 4) is 0 Å². The summed E-state index contributed by atoms with van der Waals surface area (Å²) in [5.41, 5.74) is -1.65. The minimum atomic E-state index is -4.56. The first-order chi connectivity index (χ1) is 10.9. The van der Waals surface area contributed by atoms with Crippen LogP contribution in [0.25, 0.3) is 10.2 Å². The fourth-order valence-electron chi connectivity index (χ4n) is 1.93. The third-order valence-corrected chi connectivity index (χ3v) is 4.77. The molecule has 0 unspecified atom stereocenters. The average Bonchev–Trinajstić information content (AvgIpc) is 2.80. The maximum atomic E-state index is 12.7. The monoisotopic (exact) mass is 360 g/mol. The largest absolute Gasteiger partial charge is 0.481 e. The van der Waals surface area contributed by atoms with Crippen LogP contribution < -0.4 is 5.32 Å². The van der Waals surface area contributed by atoms with Crippen LogP contribution >= 0.6 is 11.3 Å². The number of aliphatic carboxylic acids is 1. The van der Waals surface area contributed by atoms with Gasteiger partial charge >= 0.3 is 12.1 Å². The molecule has 0 atom stereocenters. The maximum absolute atomic E-state index is 12.7. The number of carboxylic acids is 1. The summed E-state index contributed by atoms with van der Waals surface area (Å²) >= 11 is 0.851. The number of halogens is 3. The molecule has 1 amide bonds. The topological polar surface area (TPSA) is 79.3 Å². The minimum Gasteiger partial charge on any atom is -0.481 e. The highest BCUT2D eigenvalue weighted by molar-refractivity contribution is 7.20. The molecule has 0 spiro atoms. The van der Waals surface area contributed by atoms with Gasteiger partial charge in [0.05, 0.1) is 10.3 Å². The van der Waals surface area contributed by atoms with Crippen molar-refractivity contribution in [3.63, 3.8) is 0 Å². The molecule has 0 aromatic carbocycles. The lowest BCUT2D eigenvalue weighted by molar-refractivity contribution is -0.146. The fourth-order valence-corrected chi connectivity index (χ4v) is 3.03. The molecule has 2 aromatic heterocycles. The van der Waals surface area contributed by atoms with Gasteiger partial charge in [-0.15, -0.1) is 11.3 Å². The molecule has 0 bridgehead atoms. The molecule has 0 saturated heterocycles. The number of fused-ring (bicyclic) bond motifs is 1. The number of carbonyl (C=O) groups excluding carboxylic acids is 1. The zero-order valence-electron chi connectivity index (χ0n) is 13.1. The van der Waals surface area contributed by atoms with Crippen LogP contribution in [0, 0.1) is 12.3 Å². The normalized spacial score (nSPS) is 12.4. The van der Waals surface area contributed by atoms with E-state index < -0.39 is 29.2 Å². The number of aryl methyl sites for hydroxylation is 1. The number of hydrogen-bond acceptors (Lipinski definition) is 4. The Morgan fingerprint density at radius 2 is 1.92 bits per heavy atom. The summed E-state index contributed by atoms with van der Waals surface area (Å²) in [5.74, 6) is -1.59.